The Hall–Kier alpha value is -0.960. The topological polar surface area (TPSA) is 26.0 Å². The van der Waals surface area contributed by atoms with Gasteiger partial charge in [0.05, 0.1) is 0 Å². The maximum absolute atomic E-state index is 13.7. The van der Waals surface area contributed by atoms with E-state index in [9.17, 15) is 8.78 Å². The van der Waals surface area contributed by atoms with Crippen molar-refractivity contribution in [1.29, 1.82) is 0 Å². The molecule has 1 nitrogen and oxygen atoms in total. The van der Waals surface area contributed by atoms with E-state index in [1.54, 1.807) is 0 Å². The summed E-state index contributed by atoms with van der Waals surface area (Å²) in [5.41, 5.74) is 6.78. The van der Waals surface area contributed by atoms with Crippen LogP contribution >= 0.6 is 0 Å². The van der Waals surface area contributed by atoms with Crippen molar-refractivity contribution in [3.8, 4) is 0 Å². The molecule has 2 rings (SSSR count). The van der Waals surface area contributed by atoms with Gasteiger partial charge in [-0.2, -0.15) is 0 Å². The zero-order valence-corrected chi connectivity index (χ0v) is 12.4. The Morgan fingerprint density at radius 2 is 1.70 bits per heavy atom. The van der Waals surface area contributed by atoms with Crippen LogP contribution < -0.4 is 5.73 Å². The number of halogens is 2. The molecular weight excluding hydrogens is 256 g/mol. The maximum Gasteiger partial charge on any atom is 0.129 e. The molecule has 0 bridgehead atoms. The van der Waals surface area contributed by atoms with Crippen molar-refractivity contribution in [1.82, 2.24) is 0 Å². The van der Waals surface area contributed by atoms with Crippen LogP contribution in [0.15, 0.2) is 18.2 Å². The number of hydrogen-bond acceptors (Lipinski definition) is 1. The molecule has 1 aliphatic carbocycles. The van der Waals surface area contributed by atoms with Crippen LogP contribution in [-0.2, 0) is 6.42 Å². The van der Waals surface area contributed by atoms with Crippen LogP contribution in [0, 0.1) is 29.4 Å². The second-order valence-electron chi connectivity index (χ2n) is 6.52. The molecule has 20 heavy (non-hydrogen) atoms. The van der Waals surface area contributed by atoms with E-state index in [4.69, 9.17) is 5.73 Å². The van der Waals surface area contributed by atoms with Gasteiger partial charge in [-0.15, -0.1) is 0 Å². The van der Waals surface area contributed by atoms with Crippen molar-refractivity contribution in [3.05, 3.63) is 35.4 Å². The van der Waals surface area contributed by atoms with E-state index in [0.717, 1.165) is 30.7 Å². The van der Waals surface area contributed by atoms with E-state index < -0.39 is 11.6 Å². The number of nitrogens with two attached hydrogens (primary N) is 1. The lowest BCUT2D eigenvalue weighted by Crippen LogP contribution is -2.35. The molecule has 0 spiro atoms. The summed E-state index contributed by atoms with van der Waals surface area (Å²) < 4.78 is 26.5. The SMILES string of the molecule is CC(C)C1CCC(C(N)Cc2ccc(F)cc2F)CC1. The molecule has 1 unspecified atom stereocenters. The summed E-state index contributed by atoms with van der Waals surface area (Å²) in [6.45, 7) is 4.55. The molecule has 1 aromatic carbocycles. The Morgan fingerprint density at radius 1 is 1.10 bits per heavy atom. The molecule has 1 aromatic rings. The standard InChI is InChI=1S/C17H25F2N/c1-11(2)12-3-5-13(6-4-12)17(20)9-14-7-8-15(18)10-16(14)19/h7-8,10-13,17H,3-6,9,20H2,1-2H3. The maximum atomic E-state index is 13.7. The zero-order valence-electron chi connectivity index (χ0n) is 12.4. The second kappa shape index (κ2) is 6.66. The van der Waals surface area contributed by atoms with Crippen LogP contribution in [0.4, 0.5) is 8.78 Å². The molecular formula is C17H25F2N. The van der Waals surface area contributed by atoms with Crippen LogP contribution in [0.25, 0.3) is 0 Å². The Morgan fingerprint density at radius 3 is 2.25 bits per heavy atom. The lowest BCUT2D eigenvalue weighted by molar-refractivity contribution is 0.202. The number of hydrogen-bond donors (Lipinski definition) is 1. The lowest BCUT2D eigenvalue weighted by Gasteiger charge is -2.34. The van der Waals surface area contributed by atoms with Crippen LogP contribution in [0.1, 0.15) is 45.1 Å². The van der Waals surface area contributed by atoms with Gasteiger partial charge in [0.15, 0.2) is 0 Å². The van der Waals surface area contributed by atoms with Gasteiger partial charge < -0.3 is 5.73 Å². The van der Waals surface area contributed by atoms with E-state index in [0.29, 0.717) is 17.9 Å². The predicted molar refractivity (Wildman–Crippen MR) is 78.3 cm³/mol. The quantitative estimate of drug-likeness (QED) is 0.875. The average molecular weight is 281 g/mol. The van der Waals surface area contributed by atoms with Crippen LogP contribution in [0.5, 0.6) is 0 Å². The summed E-state index contributed by atoms with van der Waals surface area (Å²) in [7, 11) is 0. The second-order valence-corrected chi connectivity index (χ2v) is 6.52. The average Bonchev–Trinajstić information content (AvgIpc) is 2.42. The van der Waals surface area contributed by atoms with Crippen LogP contribution in [0.2, 0.25) is 0 Å². The van der Waals surface area contributed by atoms with Crippen molar-refractivity contribution in [2.75, 3.05) is 0 Å². The third kappa shape index (κ3) is 3.78. The van der Waals surface area contributed by atoms with E-state index in [-0.39, 0.29) is 6.04 Å². The molecule has 0 aromatic heterocycles. The highest BCUT2D eigenvalue weighted by molar-refractivity contribution is 5.19. The molecule has 0 radical (unpaired) electrons. The van der Waals surface area contributed by atoms with Gasteiger partial charge in [-0.1, -0.05) is 19.9 Å². The van der Waals surface area contributed by atoms with E-state index in [1.165, 1.54) is 25.0 Å². The highest BCUT2D eigenvalue weighted by atomic mass is 19.1. The van der Waals surface area contributed by atoms with E-state index >= 15 is 0 Å². The number of rotatable bonds is 4. The fraction of sp³-hybridized carbons (Fsp3) is 0.647. The predicted octanol–water partition coefficient (Wildman–Crippen LogP) is 4.30. The largest absolute Gasteiger partial charge is 0.327 e. The normalized spacial score (nSPS) is 24.9. The number of benzene rings is 1. The highest BCUT2D eigenvalue weighted by Crippen LogP contribution is 2.35. The van der Waals surface area contributed by atoms with Crippen molar-refractivity contribution < 1.29 is 8.78 Å². The van der Waals surface area contributed by atoms with Gasteiger partial charge in [0.1, 0.15) is 11.6 Å². The smallest absolute Gasteiger partial charge is 0.129 e. The Kier molecular flexibility index (Phi) is 5.14. The van der Waals surface area contributed by atoms with Crippen LogP contribution in [-0.4, -0.2) is 6.04 Å². The first-order valence-corrected chi connectivity index (χ1v) is 7.67. The lowest BCUT2D eigenvalue weighted by atomic mass is 9.74. The van der Waals surface area contributed by atoms with Gasteiger partial charge in [-0.3, -0.25) is 0 Å². The monoisotopic (exact) mass is 281 g/mol. The Balaban J connectivity index is 1.91. The van der Waals surface area contributed by atoms with Gasteiger partial charge in [0.2, 0.25) is 0 Å². The highest BCUT2D eigenvalue weighted by Gasteiger charge is 2.27. The minimum Gasteiger partial charge on any atom is -0.327 e. The summed E-state index contributed by atoms with van der Waals surface area (Å²) in [5.74, 6) is 1.01. The summed E-state index contributed by atoms with van der Waals surface area (Å²) in [5, 5.41) is 0. The fourth-order valence-corrected chi connectivity index (χ4v) is 3.35. The first-order chi connectivity index (χ1) is 9.47. The molecule has 1 aliphatic rings. The van der Waals surface area contributed by atoms with Gasteiger partial charge >= 0.3 is 0 Å². The molecule has 2 N–H and O–H groups in total. The zero-order chi connectivity index (χ0) is 14.7. The summed E-state index contributed by atoms with van der Waals surface area (Å²) in [4.78, 5) is 0. The molecule has 1 fully saturated rings. The van der Waals surface area contributed by atoms with E-state index in [2.05, 4.69) is 13.8 Å². The molecule has 0 saturated heterocycles. The molecule has 0 aliphatic heterocycles. The van der Waals surface area contributed by atoms with Gasteiger partial charge in [0.25, 0.3) is 0 Å². The van der Waals surface area contributed by atoms with Gasteiger partial charge in [-0.05, 0) is 61.5 Å². The first kappa shape index (κ1) is 15.4. The summed E-state index contributed by atoms with van der Waals surface area (Å²) >= 11 is 0. The molecule has 1 saturated carbocycles. The molecule has 112 valence electrons. The first-order valence-electron chi connectivity index (χ1n) is 7.67. The van der Waals surface area contributed by atoms with Crippen molar-refractivity contribution in [2.24, 2.45) is 23.5 Å². The Labute approximate surface area is 120 Å². The van der Waals surface area contributed by atoms with Crippen LogP contribution in [0.3, 0.4) is 0 Å². The third-order valence-corrected chi connectivity index (χ3v) is 4.84. The minimum atomic E-state index is -0.530. The van der Waals surface area contributed by atoms with Crippen molar-refractivity contribution >= 4 is 0 Å². The third-order valence-electron chi connectivity index (χ3n) is 4.84. The fourth-order valence-electron chi connectivity index (χ4n) is 3.35. The summed E-state index contributed by atoms with van der Waals surface area (Å²) in [6, 6.07) is 3.74. The van der Waals surface area contributed by atoms with Gasteiger partial charge in [0, 0.05) is 12.1 Å². The summed E-state index contributed by atoms with van der Waals surface area (Å²) in [6.07, 6.45) is 5.21. The van der Waals surface area contributed by atoms with Crippen molar-refractivity contribution in [3.63, 3.8) is 0 Å². The minimum absolute atomic E-state index is 0.0249. The molecule has 0 amide bonds. The van der Waals surface area contributed by atoms with E-state index in [1.807, 2.05) is 0 Å². The Bertz CT molecular complexity index is 437. The molecule has 1 atom stereocenters. The molecule has 0 heterocycles. The van der Waals surface area contributed by atoms with Crippen molar-refractivity contribution in [2.45, 2.75) is 52.0 Å². The molecule has 3 heteroatoms. The van der Waals surface area contributed by atoms with Gasteiger partial charge in [-0.25, -0.2) is 8.78 Å².